The molecule has 1 saturated heterocycles. The molecule has 1 aliphatic rings. The summed E-state index contributed by atoms with van der Waals surface area (Å²) in [5.41, 5.74) is 0. The molecule has 54 heavy (non-hydrogen) atoms. The zero-order chi connectivity index (χ0) is 39.7. The zero-order valence-corrected chi connectivity index (χ0v) is 34.9. The van der Waals surface area contributed by atoms with E-state index >= 15 is 0 Å². The van der Waals surface area contributed by atoms with Gasteiger partial charge in [0.1, 0.15) is 30.5 Å². The van der Waals surface area contributed by atoms with Crippen LogP contribution >= 0.6 is 0 Å². The van der Waals surface area contributed by atoms with Gasteiger partial charge in [-0.2, -0.15) is 0 Å². The van der Waals surface area contributed by atoms with Crippen LogP contribution in [0.3, 0.4) is 0 Å². The third-order valence-corrected chi connectivity index (χ3v) is 11.3. The van der Waals surface area contributed by atoms with E-state index in [9.17, 15) is 35.4 Å². The van der Waals surface area contributed by atoms with Gasteiger partial charge in [-0.15, -0.1) is 0 Å². The first kappa shape index (κ1) is 51.2. The predicted octanol–water partition coefficient (Wildman–Crippen LogP) is 8.14. The lowest BCUT2D eigenvalue weighted by molar-refractivity contribution is -0.303. The number of ether oxygens (including phenoxy) is 2. The molecule has 0 spiro atoms. The first-order valence-electron chi connectivity index (χ1n) is 22.8. The van der Waals surface area contributed by atoms with Gasteiger partial charge < -0.3 is 45.4 Å². The molecule has 1 aliphatic heterocycles. The minimum atomic E-state index is -1.60. The minimum Gasteiger partial charge on any atom is -0.394 e. The van der Waals surface area contributed by atoms with Gasteiger partial charge in [-0.1, -0.05) is 194 Å². The van der Waals surface area contributed by atoms with Crippen molar-refractivity contribution in [3.8, 4) is 0 Å². The lowest BCUT2D eigenvalue weighted by Crippen LogP contribution is -2.60. The average molecular weight is 774 g/mol. The Morgan fingerprint density at radius 1 is 0.574 bits per heavy atom. The molecule has 1 fully saturated rings. The summed E-state index contributed by atoms with van der Waals surface area (Å²) in [6, 6.07) is -0.983. The van der Waals surface area contributed by atoms with Gasteiger partial charge in [0.05, 0.1) is 25.4 Å². The number of hydrogen-bond donors (Lipinski definition) is 7. The minimum absolute atomic E-state index is 0.255. The quantitative estimate of drug-likeness (QED) is 0.0306. The van der Waals surface area contributed by atoms with Crippen LogP contribution in [0.25, 0.3) is 0 Å². The fraction of sp³-hybridized carbons (Fsp3) is 0.977. The SMILES string of the molecule is CCCCCCCCCCCCCCCCCC[C@@H](O)[C@@H](O)[C@H](CO[C@@H]1O[C@H](CO)[C@@H](O)C(O)C1O)NC(=O)CCCCCCCCCCCCCCC. The van der Waals surface area contributed by atoms with E-state index in [1.165, 1.54) is 141 Å². The molecule has 0 aliphatic carbocycles. The number of unbranched alkanes of at least 4 members (excludes halogenated alkanes) is 27. The van der Waals surface area contributed by atoms with Crippen LogP contribution in [0.5, 0.6) is 0 Å². The van der Waals surface area contributed by atoms with Crippen molar-refractivity contribution in [1.29, 1.82) is 0 Å². The Hall–Kier alpha value is -0.850. The zero-order valence-electron chi connectivity index (χ0n) is 34.9. The maximum atomic E-state index is 13.0. The predicted molar refractivity (Wildman–Crippen MR) is 218 cm³/mol. The second-order valence-electron chi connectivity index (χ2n) is 16.3. The molecule has 1 rings (SSSR count). The number of carbonyl (C=O) groups excluding carboxylic acids is 1. The van der Waals surface area contributed by atoms with E-state index in [1.807, 2.05) is 0 Å². The van der Waals surface area contributed by atoms with Gasteiger partial charge in [0.15, 0.2) is 6.29 Å². The van der Waals surface area contributed by atoms with Crippen molar-refractivity contribution in [1.82, 2.24) is 5.32 Å². The summed E-state index contributed by atoms with van der Waals surface area (Å²) >= 11 is 0. The van der Waals surface area contributed by atoms with E-state index in [-0.39, 0.29) is 18.9 Å². The van der Waals surface area contributed by atoms with Gasteiger partial charge in [0, 0.05) is 6.42 Å². The first-order valence-corrected chi connectivity index (χ1v) is 22.8. The Balaban J connectivity index is 2.39. The monoisotopic (exact) mass is 774 g/mol. The van der Waals surface area contributed by atoms with Crippen LogP contribution in [0, 0.1) is 0 Å². The fourth-order valence-electron chi connectivity index (χ4n) is 7.55. The average Bonchev–Trinajstić information content (AvgIpc) is 3.17. The van der Waals surface area contributed by atoms with Crippen molar-refractivity contribution in [2.45, 2.75) is 262 Å². The van der Waals surface area contributed by atoms with Crippen LogP contribution < -0.4 is 5.32 Å². The van der Waals surface area contributed by atoms with Crippen molar-refractivity contribution in [3.05, 3.63) is 0 Å². The molecule has 8 atom stereocenters. The smallest absolute Gasteiger partial charge is 0.220 e. The van der Waals surface area contributed by atoms with Crippen LogP contribution in [-0.2, 0) is 14.3 Å². The van der Waals surface area contributed by atoms with Crippen molar-refractivity contribution >= 4 is 5.91 Å². The first-order chi connectivity index (χ1) is 26.3. The summed E-state index contributed by atoms with van der Waals surface area (Å²) in [7, 11) is 0. The maximum Gasteiger partial charge on any atom is 0.220 e. The summed E-state index contributed by atoms with van der Waals surface area (Å²) in [5.74, 6) is -0.255. The van der Waals surface area contributed by atoms with Crippen LogP contribution in [0.2, 0.25) is 0 Å². The van der Waals surface area contributed by atoms with Gasteiger partial charge in [0.25, 0.3) is 0 Å². The van der Waals surface area contributed by atoms with Gasteiger partial charge in [-0.25, -0.2) is 0 Å². The maximum absolute atomic E-state index is 13.0. The number of carbonyl (C=O) groups is 1. The largest absolute Gasteiger partial charge is 0.394 e. The second kappa shape index (κ2) is 35.3. The van der Waals surface area contributed by atoms with Crippen LogP contribution in [0.15, 0.2) is 0 Å². The van der Waals surface area contributed by atoms with Gasteiger partial charge in [-0.3, -0.25) is 4.79 Å². The van der Waals surface area contributed by atoms with Gasteiger partial charge in [-0.05, 0) is 12.8 Å². The van der Waals surface area contributed by atoms with E-state index in [4.69, 9.17) is 9.47 Å². The Morgan fingerprint density at radius 2 is 0.963 bits per heavy atom. The summed E-state index contributed by atoms with van der Waals surface area (Å²) in [5, 5.41) is 65.1. The molecule has 10 nitrogen and oxygen atoms in total. The Morgan fingerprint density at radius 3 is 1.37 bits per heavy atom. The van der Waals surface area contributed by atoms with Gasteiger partial charge in [0.2, 0.25) is 5.91 Å². The molecular weight excluding hydrogens is 686 g/mol. The Bertz CT molecular complexity index is 834. The molecular formula is C44H87NO9. The highest BCUT2D eigenvalue weighted by Gasteiger charge is 2.44. The van der Waals surface area contributed by atoms with Crippen LogP contribution in [0.1, 0.15) is 213 Å². The highest BCUT2D eigenvalue weighted by Crippen LogP contribution is 2.23. The number of amides is 1. The number of rotatable bonds is 38. The van der Waals surface area contributed by atoms with Gasteiger partial charge >= 0.3 is 0 Å². The normalized spacial score (nSPS) is 22.0. The summed E-state index contributed by atoms with van der Waals surface area (Å²) in [6.45, 7) is 3.61. The van der Waals surface area contributed by atoms with E-state index in [0.29, 0.717) is 6.42 Å². The standard InChI is InChI=1S/C44H87NO9/c1-3-5-7-9-11-13-15-17-18-19-21-22-24-26-28-30-32-37(47)40(49)36(35-53-44-43(52)42(51)41(50)38(34-46)54-44)45-39(48)33-31-29-27-25-23-20-16-14-12-10-8-6-4-2/h36-38,40-44,46-47,49-52H,3-35H2,1-2H3,(H,45,48)/t36-,37+,38+,40-,41+,42?,43?,44+/m0/s1. The fourth-order valence-corrected chi connectivity index (χ4v) is 7.55. The van der Waals surface area contributed by atoms with Crippen LogP contribution in [-0.4, -0.2) is 98.7 Å². The van der Waals surface area contributed by atoms with Crippen molar-refractivity contribution in [3.63, 3.8) is 0 Å². The molecule has 10 heteroatoms. The van der Waals surface area contributed by atoms with E-state index in [1.54, 1.807) is 0 Å². The Labute approximate surface area is 330 Å². The highest BCUT2D eigenvalue weighted by molar-refractivity contribution is 5.76. The Kier molecular flexibility index (Phi) is 33.5. The van der Waals surface area contributed by atoms with E-state index in [2.05, 4.69) is 19.2 Å². The molecule has 0 aromatic carbocycles. The molecule has 0 aromatic heterocycles. The van der Waals surface area contributed by atoms with Crippen molar-refractivity contribution < 1.29 is 44.9 Å². The third kappa shape index (κ3) is 25.4. The molecule has 322 valence electrons. The lowest BCUT2D eigenvalue weighted by Gasteiger charge is -2.40. The molecule has 0 bridgehead atoms. The molecule has 0 saturated carbocycles. The molecule has 1 amide bonds. The molecule has 2 unspecified atom stereocenters. The van der Waals surface area contributed by atoms with Crippen molar-refractivity contribution in [2.24, 2.45) is 0 Å². The summed E-state index contributed by atoms with van der Waals surface area (Å²) in [6.07, 6.45) is 26.7. The lowest BCUT2D eigenvalue weighted by atomic mass is 9.98. The molecule has 0 radical (unpaired) electrons. The summed E-state index contributed by atoms with van der Waals surface area (Å²) in [4.78, 5) is 13.0. The highest BCUT2D eigenvalue weighted by atomic mass is 16.7. The molecule has 1 heterocycles. The molecule has 7 N–H and O–H groups in total. The van der Waals surface area contributed by atoms with E-state index in [0.717, 1.165) is 44.9 Å². The van der Waals surface area contributed by atoms with E-state index < -0.39 is 55.6 Å². The second-order valence-corrected chi connectivity index (χ2v) is 16.3. The summed E-state index contributed by atoms with van der Waals surface area (Å²) < 4.78 is 11.2. The molecule has 0 aromatic rings. The number of hydrogen-bond acceptors (Lipinski definition) is 9. The third-order valence-electron chi connectivity index (χ3n) is 11.3. The van der Waals surface area contributed by atoms with Crippen LogP contribution in [0.4, 0.5) is 0 Å². The number of aliphatic hydroxyl groups is 6. The number of nitrogens with one attached hydrogen (secondary N) is 1. The number of aliphatic hydroxyl groups excluding tert-OH is 6. The van der Waals surface area contributed by atoms with Crippen molar-refractivity contribution in [2.75, 3.05) is 13.2 Å². The topological polar surface area (TPSA) is 169 Å².